The van der Waals surface area contributed by atoms with Gasteiger partial charge in [-0.15, -0.1) is 0 Å². The van der Waals surface area contributed by atoms with Crippen molar-refractivity contribution in [2.24, 2.45) is 5.92 Å². The largest absolute Gasteiger partial charge is 0.0883 e. The topological polar surface area (TPSA) is 0 Å². The molecular formula is C16H22. The Morgan fingerprint density at radius 3 is 2.50 bits per heavy atom. The van der Waals surface area contributed by atoms with Crippen LogP contribution in [0.2, 0.25) is 0 Å². The van der Waals surface area contributed by atoms with Crippen LogP contribution in [0.15, 0.2) is 42.5 Å². The molecule has 0 heteroatoms. The number of hydrogen-bond acceptors (Lipinski definition) is 0. The highest BCUT2D eigenvalue weighted by atomic mass is 14.2. The molecule has 1 saturated carbocycles. The molecule has 0 aromatic heterocycles. The molecule has 0 unspecified atom stereocenters. The van der Waals surface area contributed by atoms with Crippen molar-refractivity contribution in [1.29, 1.82) is 0 Å². The summed E-state index contributed by atoms with van der Waals surface area (Å²) in [5.74, 6) is 0.993. The maximum atomic E-state index is 2.40. The number of benzene rings is 1. The van der Waals surface area contributed by atoms with E-state index >= 15 is 0 Å². The molecule has 0 nitrogen and oxygen atoms in total. The molecule has 0 spiro atoms. The first kappa shape index (κ1) is 11.4. The summed E-state index contributed by atoms with van der Waals surface area (Å²) >= 11 is 0. The predicted molar refractivity (Wildman–Crippen MR) is 70.5 cm³/mol. The van der Waals surface area contributed by atoms with E-state index in [2.05, 4.69) is 42.5 Å². The van der Waals surface area contributed by atoms with E-state index in [0.717, 1.165) is 5.92 Å². The van der Waals surface area contributed by atoms with Gasteiger partial charge in [0.1, 0.15) is 0 Å². The fourth-order valence-corrected chi connectivity index (χ4v) is 2.55. The lowest BCUT2D eigenvalue weighted by Gasteiger charge is -2.03. The Morgan fingerprint density at radius 1 is 1.00 bits per heavy atom. The molecule has 0 atom stereocenters. The van der Waals surface area contributed by atoms with Crippen LogP contribution in [-0.2, 0) is 6.42 Å². The Bertz CT molecular complexity index is 304. The third-order valence-electron chi connectivity index (χ3n) is 3.55. The minimum Gasteiger partial charge on any atom is -0.0883 e. The van der Waals surface area contributed by atoms with Gasteiger partial charge in [0.2, 0.25) is 0 Å². The maximum Gasteiger partial charge on any atom is -0.0244 e. The van der Waals surface area contributed by atoms with Crippen molar-refractivity contribution >= 4 is 0 Å². The van der Waals surface area contributed by atoms with Crippen molar-refractivity contribution in [1.82, 2.24) is 0 Å². The van der Waals surface area contributed by atoms with Crippen LogP contribution in [0.3, 0.4) is 0 Å². The quantitative estimate of drug-likeness (QED) is 0.620. The second-order valence-electron chi connectivity index (χ2n) is 4.88. The summed E-state index contributed by atoms with van der Waals surface area (Å²) in [7, 11) is 0. The molecule has 0 bridgehead atoms. The van der Waals surface area contributed by atoms with E-state index < -0.39 is 0 Å². The molecule has 1 aromatic carbocycles. The Hall–Kier alpha value is -1.04. The van der Waals surface area contributed by atoms with Gasteiger partial charge in [-0.2, -0.15) is 0 Å². The maximum absolute atomic E-state index is 2.40. The molecule has 86 valence electrons. The van der Waals surface area contributed by atoms with Gasteiger partial charge in [-0.3, -0.25) is 0 Å². The van der Waals surface area contributed by atoms with Gasteiger partial charge in [0.15, 0.2) is 0 Å². The van der Waals surface area contributed by atoms with Crippen molar-refractivity contribution in [3.63, 3.8) is 0 Å². The third kappa shape index (κ3) is 3.84. The standard InChI is InChI=1S/C16H22/c1-3-9-15(10-4-1)11-5-2-6-12-16-13-7-8-14-16/h1-4,6,9-10,16H,5,7-8,11-14H2/b6-2+. The zero-order valence-electron chi connectivity index (χ0n) is 10.1. The smallest absolute Gasteiger partial charge is 0.0244 e. The highest BCUT2D eigenvalue weighted by Crippen LogP contribution is 2.27. The SMILES string of the molecule is C(=C\CC1CCCC1)/CCc1ccccc1. The van der Waals surface area contributed by atoms with E-state index in [-0.39, 0.29) is 0 Å². The minimum absolute atomic E-state index is 0.993. The molecule has 0 amide bonds. The van der Waals surface area contributed by atoms with Crippen LogP contribution in [0.25, 0.3) is 0 Å². The van der Waals surface area contributed by atoms with E-state index in [1.165, 1.54) is 50.5 Å². The van der Waals surface area contributed by atoms with E-state index in [4.69, 9.17) is 0 Å². The fourth-order valence-electron chi connectivity index (χ4n) is 2.55. The van der Waals surface area contributed by atoms with Crippen molar-refractivity contribution in [3.05, 3.63) is 48.0 Å². The average molecular weight is 214 g/mol. The second-order valence-corrected chi connectivity index (χ2v) is 4.88. The molecule has 0 aliphatic heterocycles. The predicted octanol–water partition coefficient (Wildman–Crippen LogP) is 4.76. The van der Waals surface area contributed by atoms with Gasteiger partial charge < -0.3 is 0 Å². The highest BCUT2D eigenvalue weighted by Gasteiger charge is 2.12. The molecule has 1 aliphatic rings. The molecule has 1 aliphatic carbocycles. The number of rotatable bonds is 5. The van der Waals surface area contributed by atoms with E-state index in [9.17, 15) is 0 Å². The Morgan fingerprint density at radius 2 is 1.75 bits per heavy atom. The van der Waals surface area contributed by atoms with Crippen molar-refractivity contribution in [3.8, 4) is 0 Å². The van der Waals surface area contributed by atoms with Gasteiger partial charge in [-0.25, -0.2) is 0 Å². The molecule has 0 radical (unpaired) electrons. The fraction of sp³-hybridized carbons (Fsp3) is 0.500. The summed E-state index contributed by atoms with van der Waals surface area (Å²) in [6.45, 7) is 0. The summed E-state index contributed by atoms with van der Waals surface area (Å²) in [5.41, 5.74) is 1.45. The first-order chi connectivity index (χ1) is 7.95. The van der Waals surface area contributed by atoms with Gasteiger partial charge in [-0.1, -0.05) is 68.2 Å². The van der Waals surface area contributed by atoms with Crippen LogP contribution in [0.5, 0.6) is 0 Å². The molecule has 0 saturated heterocycles. The normalized spacial score (nSPS) is 17.2. The van der Waals surface area contributed by atoms with Crippen molar-refractivity contribution < 1.29 is 0 Å². The van der Waals surface area contributed by atoms with Gasteiger partial charge in [0.25, 0.3) is 0 Å². The summed E-state index contributed by atoms with van der Waals surface area (Å²) in [6, 6.07) is 10.8. The van der Waals surface area contributed by atoms with Gasteiger partial charge in [0, 0.05) is 0 Å². The summed E-state index contributed by atoms with van der Waals surface area (Å²) in [6.07, 6.45) is 14.3. The Labute approximate surface area is 99.4 Å². The van der Waals surface area contributed by atoms with Crippen LogP contribution in [-0.4, -0.2) is 0 Å². The molecule has 1 fully saturated rings. The first-order valence-corrected chi connectivity index (χ1v) is 6.64. The lowest BCUT2D eigenvalue weighted by atomic mass is 10.0. The molecule has 0 heterocycles. The molecule has 1 aromatic rings. The van der Waals surface area contributed by atoms with Crippen LogP contribution < -0.4 is 0 Å². The lowest BCUT2D eigenvalue weighted by molar-refractivity contribution is 0.557. The molecular weight excluding hydrogens is 192 g/mol. The molecule has 0 N–H and O–H groups in total. The van der Waals surface area contributed by atoms with E-state index in [1.54, 1.807) is 0 Å². The summed E-state index contributed by atoms with van der Waals surface area (Å²) < 4.78 is 0. The van der Waals surface area contributed by atoms with Gasteiger partial charge in [-0.05, 0) is 30.7 Å². The van der Waals surface area contributed by atoms with E-state index in [0.29, 0.717) is 0 Å². The monoisotopic (exact) mass is 214 g/mol. The Kier molecular flexibility index (Phi) is 4.67. The number of aryl methyl sites for hydroxylation is 1. The zero-order chi connectivity index (χ0) is 11.1. The van der Waals surface area contributed by atoms with Crippen LogP contribution in [0.1, 0.15) is 44.1 Å². The van der Waals surface area contributed by atoms with Gasteiger partial charge in [0.05, 0.1) is 0 Å². The highest BCUT2D eigenvalue weighted by molar-refractivity contribution is 5.15. The summed E-state index contributed by atoms with van der Waals surface area (Å²) in [5, 5.41) is 0. The van der Waals surface area contributed by atoms with Gasteiger partial charge >= 0.3 is 0 Å². The van der Waals surface area contributed by atoms with Crippen LogP contribution >= 0.6 is 0 Å². The van der Waals surface area contributed by atoms with Crippen LogP contribution in [0, 0.1) is 5.92 Å². The molecule has 2 rings (SSSR count). The zero-order valence-corrected chi connectivity index (χ0v) is 10.1. The summed E-state index contributed by atoms with van der Waals surface area (Å²) in [4.78, 5) is 0. The van der Waals surface area contributed by atoms with Crippen LogP contribution in [0.4, 0.5) is 0 Å². The number of hydrogen-bond donors (Lipinski definition) is 0. The average Bonchev–Trinajstić information content (AvgIpc) is 2.83. The van der Waals surface area contributed by atoms with Crippen molar-refractivity contribution in [2.75, 3.05) is 0 Å². The van der Waals surface area contributed by atoms with Crippen molar-refractivity contribution in [2.45, 2.75) is 44.9 Å². The van der Waals surface area contributed by atoms with E-state index in [1.807, 2.05) is 0 Å². The number of allylic oxidation sites excluding steroid dienone is 2. The first-order valence-electron chi connectivity index (χ1n) is 6.64. The lowest BCUT2D eigenvalue weighted by Crippen LogP contribution is -1.89. The molecule has 16 heavy (non-hydrogen) atoms. The third-order valence-corrected chi connectivity index (χ3v) is 3.55. The minimum atomic E-state index is 0.993. The Balaban J connectivity index is 1.62. The second kappa shape index (κ2) is 6.52.